The van der Waals surface area contributed by atoms with Crippen LogP contribution in [-0.4, -0.2) is 56.6 Å². The first-order valence-electron chi connectivity index (χ1n) is 10.1. The molecule has 4 atom stereocenters. The van der Waals surface area contributed by atoms with Crippen LogP contribution in [0.15, 0.2) is 34.9 Å². The molecule has 32 heavy (non-hydrogen) atoms. The van der Waals surface area contributed by atoms with Crippen molar-refractivity contribution in [1.29, 1.82) is 0 Å². The number of anilines is 2. The molecule has 10 heteroatoms. The summed E-state index contributed by atoms with van der Waals surface area (Å²) in [6, 6.07) is 4.97. The minimum atomic E-state index is -0.855. The van der Waals surface area contributed by atoms with Crippen molar-refractivity contribution < 1.29 is 33.1 Å². The summed E-state index contributed by atoms with van der Waals surface area (Å²) in [5.41, 5.74) is -0.397. The van der Waals surface area contributed by atoms with Gasteiger partial charge >= 0.3 is 0 Å². The van der Waals surface area contributed by atoms with Gasteiger partial charge in [-0.2, -0.15) is 0 Å². The second kappa shape index (κ2) is 7.27. The molecule has 168 valence electrons. The molecular formula is C22H23N3O7. The summed E-state index contributed by atoms with van der Waals surface area (Å²) in [5.74, 6) is 0.366. The average Bonchev–Trinajstić information content (AvgIpc) is 3.53. The van der Waals surface area contributed by atoms with Crippen LogP contribution < -0.4 is 24.4 Å². The summed E-state index contributed by atoms with van der Waals surface area (Å²) >= 11 is 0. The van der Waals surface area contributed by atoms with E-state index in [1.807, 2.05) is 12.2 Å². The molecule has 1 aromatic carbocycles. The molecule has 2 aromatic rings. The van der Waals surface area contributed by atoms with Crippen molar-refractivity contribution in [3.8, 4) is 17.2 Å². The Morgan fingerprint density at radius 3 is 2.50 bits per heavy atom. The lowest BCUT2D eigenvalue weighted by Gasteiger charge is -2.23. The maximum atomic E-state index is 13.3. The first kappa shape index (κ1) is 20.4. The van der Waals surface area contributed by atoms with Gasteiger partial charge in [0.2, 0.25) is 17.6 Å². The number of ether oxygens (including phenoxy) is 4. The van der Waals surface area contributed by atoms with E-state index in [9.17, 15) is 9.59 Å². The lowest BCUT2D eigenvalue weighted by molar-refractivity contribution is -0.128. The summed E-state index contributed by atoms with van der Waals surface area (Å²) in [6.45, 7) is 2.04. The second-order valence-electron chi connectivity index (χ2n) is 8.02. The molecule has 2 fully saturated rings. The van der Waals surface area contributed by atoms with Gasteiger partial charge in [-0.3, -0.25) is 14.5 Å². The number of hydrogen-bond acceptors (Lipinski definition) is 8. The van der Waals surface area contributed by atoms with Gasteiger partial charge in [-0.15, -0.1) is 0 Å². The third-order valence-electron chi connectivity index (χ3n) is 6.23. The predicted octanol–water partition coefficient (Wildman–Crippen LogP) is 1.93. The number of hydrogen-bond donors (Lipinski definition) is 1. The number of aryl methyl sites for hydroxylation is 1. The highest BCUT2D eigenvalue weighted by atomic mass is 16.5. The first-order chi connectivity index (χ1) is 15.4. The molecule has 2 saturated heterocycles. The number of carbonyl (C=O) groups excluding carboxylic acids is 2. The second-order valence-corrected chi connectivity index (χ2v) is 8.02. The van der Waals surface area contributed by atoms with E-state index in [2.05, 4.69) is 10.5 Å². The zero-order chi connectivity index (χ0) is 22.6. The fourth-order valence-electron chi connectivity index (χ4n) is 4.85. The van der Waals surface area contributed by atoms with Gasteiger partial charge in [-0.1, -0.05) is 17.3 Å². The fraction of sp³-hybridized carbons (Fsp3) is 0.409. The number of methoxy groups -OCH3 is 3. The van der Waals surface area contributed by atoms with Crippen molar-refractivity contribution in [2.45, 2.75) is 18.6 Å². The van der Waals surface area contributed by atoms with E-state index in [1.54, 1.807) is 25.1 Å². The van der Waals surface area contributed by atoms with Crippen molar-refractivity contribution >= 4 is 23.3 Å². The number of benzene rings is 1. The summed E-state index contributed by atoms with van der Waals surface area (Å²) in [5, 5.41) is 6.84. The Hall–Kier alpha value is -3.53. The molecule has 2 bridgehead atoms. The summed E-state index contributed by atoms with van der Waals surface area (Å²) in [4.78, 5) is 28.2. The molecule has 0 unspecified atom stereocenters. The molecule has 5 rings (SSSR count). The van der Waals surface area contributed by atoms with Crippen LogP contribution in [0.2, 0.25) is 0 Å². The van der Waals surface area contributed by atoms with Gasteiger partial charge in [0, 0.05) is 23.9 Å². The summed E-state index contributed by atoms with van der Waals surface area (Å²) in [6.07, 6.45) is 3.25. The van der Waals surface area contributed by atoms with Crippen LogP contribution in [0.3, 0.4) is 0 Å². The van der Waals surface area contributed by atoms with E-state index in [0.717, 1.165) is 0 Å². The van der Waals surface area contributed by atoms with Crippen LogP contribution >= 0.6 is 0 Å². The van der Waals surface area contributed by atoms with Crippen LogP contribution in [0.5, 0.6) is 17.2 Å². The number of carbonyl (C=O) groups is 2. The van der Waals surface area contributed by atoms with Crippen LogP contribution in [0.25, 0.3) is 0 Å². The van der Waals surface area contributed by atoms with E-state index in [1.165, 1.54) is 26.2 Å². The Labute approximate surface area is 184 Å². The minimum absolute atomic E-state index is 0.213. The van der Waals surface area contributed by atoms with E-state index in [4.69, 9.17) is 23.5 Å². The van der Waals surface area contributed by atoms with Crippen LogP contribution in [0.4, 0.5) is 11.5 Å². The Morgan fingerprint density at radius 1 is 1.19 bits per heavy atom. The number of aromatic nitrogens is 1. The molecule has 1 spiro atoms. The SMILES string of the molecule is COc1cc(NC(=O)[C@H]2[C@@H]3C=C[C@@]4(CN(c5cc(C)on5)C(=O)[C@@H]24)O3)cc(OC)c1OC. The van der Waals surface area contributed by atoms with Crippen molar-refractivity contribution in [2.24, 2.45) is 11.8 Å². The van der Waals surface area contributed by atoms with Crippen molar-refractivity contribution in [1.82, 2.24) is 5.16 Å². The molecule has 1 N–H and O–H groups in total. The van der Waals surface area contributed by atoms with Crippen molar-refractivity contribution in [2.75, 3.05) is 38.1 Å². The van der Waals surface area contributed by atoms with Gasteiger partial charge in [-0.25, -0.2) is 0 Å². The van der Waals surface area contributed by atoms with Gasteiger partial charge in [-0.05, 0) is 6.92 Å². The number of amides is 2. The summed E-state index contributed by atoms with van der Waals surface area (Å²) in [7, 11) is 4.50. The van der Waals surface area contributed by atoms with Crippen LogP contribution in [0, 0.1) is 18.8 Å². The molecule has 10 nitrogen and oxygen atoms in total. The highest BCUT2D eigenvalue weighted by Gasteiger charge is 2.67. The smallest absolute Gasteiger partial charge is 0.235 e. The maximum absolute atomic E-state index is 13.3. The standard InChI is InChI=1S/C22H23N3O7/c1-11-7-16(24-32-11)25-10-22-6-5-13(31-22)17(18(22)21(25)27)20(26)23-12-8-14(28-2)19(30-4)15(9-12)29-3/h5-9,13,17-18H,10H2,1-4H3,(H,23,26)/t13-,17-,18+,22-/m0/s1. The largest absolute Gasteiger partial charge is 0.493 e. The van der Waals surface area contributed by atoms with Gasteiger partial charge < -0.3 is 28.8 Å². The number of rotatable bonds is 6. The van der Waals surface area contributed by atoms with Gasteiger partial charge in [0.1, 0.15) is 11.4 Å². The Balaban J connectivity index is 1.43. The number of nitrogens with one attached hydrogen (secondary N) is 1. The van der Waals surface area contributed by atoms with E-state index < -0.39 is 23.5 Å². The molecule has 0 radical (unpaired) electrons. The molecule has 3 aliphatic heterocycles. The van der Waals surface area contributed by atoms with E-state index in [0.29, 0.717) is 34.5 Å². The monoisotopic (exact) mass is 441 g/mol. The topological polar surface area (TPSA) is 112 Å². The normalized spacial score (nSPS) is 27.6. The zero-order valence-electron chi connectivity index (χ0n) is 18.1. The third-order valence-corrected chi connectivity index (χ3v) is 6.23. The fourth-order valence-corrected chi connectivity index (χ4v) is 4.85. The van der Waals surface area contributed by atoms with E-state index in [-0.39, 0.29) is 18.4 Å². The first-order valence-corrected chi connectivity index (χ1v) is 10.1. The highest BCUT2D eigenvalue weighted by molar-refractivity contribution is 6.05. The molecule has 0 saturated carbocycles. The minimum Gasteiger partial charge on any atom is -0.493 e. The van der Waals surface area contributed by atoms with Gasteiger partial charge in [0.25, 0.3) is 0 Å². The molecule has 4 heterocycles. The Morgan fingerprint density at radius 2 is 1.91 bits per heavy atom. The number of fused-ring (bicyclic) bond motifs is 1. The average molecular weight is 441 g/mol. The van der Waals surface area contributed by atoms with Crippen molar-refractivity contribution in [3.05, 3.63) is 36.1 Å². The highest BCUT2D eigenvalue weighted by Crippen LogP contribution is 2.53. The van der Waals surface area contributed by atoms with Gasteiger partial charge in [0.05, 0.1) is 45.8 Å². The van der Waals surface area contributed by atoms with E-state index >= 15 is 0 Å². The number of nitrogens with zero attached hydrogens (tertiary/aromatic N) is 2. The predicted molar refractivity (Wildman–Crippen MR) is 112 cm³/mol. The van der Waals surface area contributed by atoms with Crippen molar-refractivity contribution in [3.63, 3.8) is 0 Å². The molecule has 3 aliphatic rings. The maximum Gasteiger partial charge on any atom is 0.235 e. The zero-order valence-corrected chi connectivity index (χ0v) is 18.1. The third kappa shape index (κ3) is 2.86. The van der Waals surface area contributed by atoms with Gasteiger partial charge in [0.15, 0.2) is 17.3 Å². The molecule has 1 aromatic heterocycles. The van der Waals surface area contributed by atoms with Crippen LogP contribution in [0.1, 0.15) is 5.76 Å². The lowest BCUT2D eigenvalue weighted by Crippen LogP contribution is -2.41. The summed E-state index contributed by atoms with van der Waals surface area (Å²) < 4.78 is 27.3. The molecule has 0 aliphatic carbocycles. The molecule has 2 amide bonds. The quantitative estimate of drug-likeness (QED) is 0.677. The lowest BCUT2D eigenvalue weighted by atomic mass is 9.77. The Kier molecular flexibility index (Phi) is 4.63. The Bertz CT molecular complexity index is 1100. The molecular weight excluding hydrogens is 418 g/mol. The van der Waals surface area contributed by atoms with Crippen LogP contribution in [-0.2, 0) is 14.3 Å².